The molecule has 0 aliphatic rings. The van der Waals surface area contributed by atoms with Crippen molar-refractivity contribution in [3.8, 4) is 0 Å². The van der Waals surface area contributed by atoms with Gasteiger partial charge in [-0.3, -0.25) is 9.59 Å². The summed E-state index contributed by atoms with van der Waals surface area (Å²) >= 11 is 0. The van der Waals surface area contributed by atoms with Crippen LogP contribution in [0.15, 0.2) is 54.6 Å². The molecule has 126 valence electrons. The predicted molar refractivity (Wildman–Crippen MR) is 93.3 cm³/mol. The van der Waals surface area contributed by atoms with Crippen LogP contribution in [-0.2, 0) is 9.59 Å². The van der Waals surface area contributed by atoms with Crippen molar-refractivity contribution in [2.45, 2.75) is 32.4 Å². The van der Waals surface area contributed by atoms with Crippen molar-refractivity contribution >= 4 is 17.5 Å². The van der Waals surface area contributed by atoms with Gasteiger partial charge in [0.1, 0.15) is 0 Å². The maximum atomic E-state index is 12.2. The van der Waals surface area contributed by atoms with E-state index in [1.165, 1.54) is 0 Å². The molecule has 0 heterocycles. The van der Waals surface area contributed by atoms with Crippen molar-refractivity contribution in [3.05, 3.63) is 65.7 Å². The van der Waals surface area contributed by atoms with Crippen LogP contribution in [0, 0.1) is 0 Å². The van der Waals surface area contributed by atoms with Gasteiger partial charge in [-0.2, -0.15) is 0 Å². The fourth-order valence-electron chi connectivity index (χ4n) is 2.27. The van der Waals surface area contributed by atoms with Gasteiger partial charge in [0.25, 0.3) is 5.91 Å². The molecule has 0 bridgehead atoms. The van der Waals surface area contributed by atoms with Gasteiger partial charge in [-0.1, -0.05) is 49.4 Å². The SMILES string of the molecule is CCC(=O)Nc1ccc([C@@H](C)NC(=O)[C@@H](O)c2ccccc2)cc1. The van der Waals surface area contributed by atoms with Gasteiger partial charge in [-0.05, 0) is 30.2 Å². The fourth-order valence-corrected chi connectivity index (χ4v) is 2.27. The topological polar surface area (TPSA) is 78.4 Å². The maximum absolute atomic E-state index is 12.2. The third-order valence-electron chi connectivity index (χ3n) is 3.74. The molecule has 0 spiro atoms. The number of aliphatic hydroxyl groups excluding tert-OH is 1. The molecule has 0 aliphatic carbocycles. The van der Waals surface area contributed by atoms with Crippen molar-refractivity contribution in [1.82, 2.24) is 5.32 Å². The number of nitrogens with one attached hydrogen (secondary N) is 2. The lowest BCUT2D eigenvalue weighted by atomic mass is 10.1. The van der Waals surface area contributed by atoms with Gasteiger partial charge in [0.2, 0.25) is 5.91 Å². The summed E-state index contributed by atoms with van der Waals surface area (Å²) in [4.78, 5) is 23.5. The number of hydrogen-bond acceptors (Lipinski definition) is 3. The number of carbonyl (C=O) groups excluding carboxylic acids is 2. The Balaban J connectivity index is 1.97. The Labute approximate surface area is 141 Å². The molecule has 0 saturated heterocycles. The minimum absolute atomic E-state index is 0.0462. The summed E-state index contributed by atoms with van der Waals surface area (Å²) in [6.45, 7) is 3.63. The fraction of sp³-hybridized carbons (Fsp3) is 0.263. The highest BCUT2D eigenvalue weighted by Crippen LogP contribution is 2.18. The Bertz CT molecular complexity index is 684. The summed E-state index contributed by atoms with van der Waals surface area (Å²) < 4.78 is 0. The van der Waals surface area contributed by atoms with Gasteiger partial charge in [-0.15, -0.1) is 0 Å². The Morgan fingerprint density at radius 2 is 1.62 bits per heavy atom. The molecular weight excluding hydrogens is 304 g/mol. The predicted octanol–water partition coefficient (Wildman–Crippen LogP) is 2.95. The van der Waals surface area contributed by atoms with E-state index < -0.39 is 12.0 Å². The molecule has 0 radical (unpaired) electrons. The van der Waals surface area contributed by atoms with E-state index in [2.05, 4.69) is 10.6 Å². The third kappa shape index (κ3) is 4.67. The highest BCUT2D eigenvalue weighted by atomic mass is 16.3. The first-order valence-corrected chi connectivity index (χ1v) is 7.94. The number of benzene rings is 2. The number of carbonyl (C=O) groups is 2. The van der Waals surface area contributed by atoms with Crippen LogP contribution in [0.3, 0.4) is 0 Å². The number of rotatable bonds is 6. The summed E-state index contributed by atoms with van der Waals surface area (Å²) in [6.07, 6.45) is -0.775. The molecule has 5 heteroatoms. The van der Waals surface area contributed by atoms with Gasteiger partial charge in [0.15, 0.2) is 6.10 Å². The van der Waals surface area contributed by atoms with Crippen molar-refractivity contribution < 1.29 is 14.7 Å². The van der Waals surface area contributed by atoms with E-state index in [0.717, 1.165) is 5.56 Å². The second-order valence-electron chi connectivity index (χ2n) is 5.57. The average molecular weight is 326 g/mol. The Morgan fingerprint density at radius 1 is 1.00 bits per heavy atom. The maximum Gasteiger partial charge on any atom is 0.253 e. The van der Waals surface area contributed by atoms with Crippen LogP contribution in [-0.4, -0.2) is 16.9 Å². The van der Waals surface area contributed by atoms with Crippen LogP contribution in [0.2, 0.25) is 0 Å². The van der Waals surface area contributed by atoms with Crippen LogP contribution in [0.4, 0.5) is 5.69 Å². The number of amides is 2. The third-order valence-corrected chi connectivity index (χ3v) is 3.74. The lowest BCUT2D eigenvalue weighted by Gasteiger charge is -2.18. The van der Waals surface area contributed by atoms with E-state index in [-0.39, 0.29) is 11.9 Å². The summed E-state index contributed by atoms with van der Waals surface area (Å²) in [6, 6.07) is 15.8. The molecule has 0 fully saturated rings. The zero-order chi connectivity index (χ0) is 17.5. The van der Waals surface area contributed by atoms with Gasteiger partial charge in [-0.25, -0.2) is 0 Å². The first kappa shape index (κ1) is 17.7. The van der Waals surface area contributed by atoms with Gasteiger partial charge < -0.3 is 15.7 Å². The molecule has 2 aromatic rings. The molecule has 0 unspecified atom stereocenters. The Morgan fingerprint density at radius 3 is 2.21 bits per heavy atom. The number of hydrogen-bond donors (Lipinski definition) is 3. The second kappa shape index (κ2) is 8.26. The van der Waals surface area contributed by atoms with E-state index in [9.17, 15) is 14.7 Å². The highest BCUT2D eigenvalue weighted by molar-refractivity contribution is 5.90. The molecule has 24 heavy (non-hydrogen) atoms. The lowest BCUT2D eigenvalue weighted by Crippen LogP contribution is -2.31. The summed E-state index contributed by atoms with van der Waals surface area (Å²) in [5, 5.41) is 15.7. The zero-order valence-electron chi connectivity index (χ0n) is 13.8. The largest absolute Gasteiger partial charge is 0.378 e. The van der Waals surface area contributed by atoms with E-state index in [0.29, 0.717) is 17.7 Å². The lowest BCUT2D eigenvalue weighted by molar-refractivity contribution is -0.130. The highest BCUT2D eigenvalue weighted by Gasteiger charge is 2.19. The molecule has 2 aromatic carbocycles. The Kier molecular flexibility index (Phi) is 6.09. The van der Waals surface area contributed by atoms with Crippen LogP contribution in [0.1, 0.15) is 43.5 Å². The first-order chi connectivity index (χ1) is 11.5. The first-order valence-electron chi connectivity index (χ1n) is 7.94. The monoisotopic (exact) mass is 326 g/mol. The smallest absolute Gasteiger partial charge is 0.253 e. The standard InChI is InChI=1S/C19H22N2O3/c1-3-17(22)21-16-11-9-14(10-12-16)13(2)20-19(24)18(23)15-7-5-4-6-8-15/h4-13,18,23H,3H2,1-2H3,(H,20,24)(H,21,22)/t13-,18+/m1/s1. The second-order valence-corrected chi connectivity index (χ2v) is 5.57. The number of aliphatic hydroxyl groups is 1. The average Bonchev–Trinajstić information content (AvgIpc) is 2.62. The molecule has 2 rings (SSSR count). The van der Waals surface area contributed by atoms with Gasteiger partial charge >= 0.3 is 0 Å². The summed E-state index contributed by atoms with van der Waals surface area (Å²) in [5.74, 6) is -0.493. The molecule has 3 N–H and O–H groups in total. The summed E-state index contributed by atoms with van der Waals surface area (Å²) in [7, 11) is 0. The molecule has 0 aliphatic heterocycles. The van der Waals surface area contributed by atoms with Crippen molar-refractivity contribution in [1.29, 1.82) is 0 Å². The zero-order valence-corrected chi connectivity index (χ0v) is 13.8. The minimum Gasteiger partial charge on any atom is -0.378 e. The van der Waals surface area contributed by atoms with E-state index in [4.69, 9.17) is 0 Å². The molecule has 0 aromatic heterocycles. The van der Waals surface area contributed by atoms with Crippen molar-refractivity contribution in [2.75, 3.05) is 5.32 Å². The quantitative estimate of drug-likeness (QED) is 0.763. The van der Waals surface area contributed by atoms with E-state index in [1.54, 1.807) is 43.3 Å². The molecule has 2 amide bonds. The molecular formula is C19H22N2O3. The molecule has 5 nitrogen and oxygen atoms in total. The van der Waals surface area contributed by atoms with E-state index >= 15 is 0 Å². The summed E-state index contributed by atoms with van der Waals surface area (Å²) in [5.41, 5.74) is 2.16. The van der Waals surface area contributed by atoms with Crippen LogP contribution >= 0.6 is 0 Å². The van der Waals surface area contributed by atoms with Crippen LogP contribution in [0.25, 0.3) is 0 Å². The van der Waals surface area contributed by atoms with Crippen LogP contribution in [0.5, 0.6) is 0 Å². The van der Waals surface area contributed by atoms with Crippen LogP contribution < -0.4 is 10.6 Å². The van der Waals surface area contributed by atoms with E-state index in [1.807, 2.05) is 25.1 Å². The Hall–Kier alpha value is -2.66. The minimum atomic E-state index is -1.20. The van der Waals surface area contributed by atoms with Crippen molar-refractivity contribution in [3.63, 3.8) is 0 Å². The van der Waals surface area contributed by atoms with Crippen molar-refractivity contribution in [2.24, 2.45) is 0 Å². The normalized spacial score (nSPS) is 13.0. The van der Waals surface area contributed by atoms with Gasteiger partial charge in [0.05, 0.1) is 6.04 Å². The molecule has 0 saturated carbocycles. The molecule has 2 atom stereocenters. The number of anilines is 1. The van der Waals surface area contributed by atoms with Gasteiger partial charge in [0, 0.05) is 12.1 Å².